The maximum Gasteiger partial charge on any atom is 0.241 e. The normalized spacial score (nSPS) is 19.4. The molecule has 0 spiro atoms. The van der Waals surface area contributed by atoms with Gasteiger partial charge in [-0.3, -0.25) is 15.1 Å². The summed E-state index contributed by atoms with van der Waals surface area (Å²) in [5, 5.41) is 11.7. The summed E-state index contributed by atoms with van der Waals surface area (Å²) >= 11 is 7.11. The summed E-state index contributed by atoms with van der Waals surface area (Å²) < 4.78 is 0. The third-order valence-corrected chi connectivity index (χ3v) is 4.22. The van der Waals surface area contributed by atoms with Gasteiger partial charge in [0.25, 0.3) is 0 Å². The SMILES string of the molecule is CN1C(=N)SC(CCNc2ccc(Cl)cc2)C1=O. The molecular formula is C12H14ClN3OS. The molecular weight excluding hydrogens is 270 g/mol. The van der Waals surface area contributed by atoms with Crippen molar-refractivity contribution >= 4 is 40.1 Å². The Labute approximate surface area is 115 Å². The first-order chi connectivity index (χ1) is 8.58. The minimum atomic E-state index is -0.137. The van der Waals surface area contributed by atoms with Crippen molar-refractivity contribution in [1.82, 2.24) is 4.90 Å². The third-order valence-electron chi connectivity index (χ3n) is 2.74. The van der Waals surface area contributed by atoms with Crippen LogP contribution in [0.4, 0.5) is 5.69 Å². The molecule has 1 fully saturated rings. The first-order valence-electron chi connectivity index (χ1n) is 5.60. The topological polar surface area (TPSA) is 56.2 Å². The molecule has 0 aromatic heterocycles. The fourth-order valence-corrected chi connectivity index (χ4v) is 2.82. The lowest BCUT2D eigenvalue weighted by atomic mass is 10.2. The van der Waals surface area contributed by atoms with E-state index >= 15 is 0 Å². The molecule has 18 heavy (non-hydrogen) atoms. The third kappa shape index (κ3) is 2.97. The molecule has 1 saturated heterocycles. The molecule has 6 heteroatoms. The molecule has 1 atom stereocenters. The van der Waals surface area contributed by atoms with Crippen LogP contribution in [0, 0.1) is 5.41 Å². The summed E-state index contributed by atoms with van der Waals surface area (Å²) in [6.07, 6.45) is 0.707. The minimum absolute atomic E-state index is 0.0166. The van der Waals surface area contributed by atoms with E-state index in [0.29, 0.717) is 23.2 Å². The maximum atomic E-state index is 11.7. The summed E-state index contributed by atoms with van der Waals surface area (Å²) in [4.78, 5) is 13.1. The van der Waals surface area contributed by atoms with Gasteiger partial charge in [-0.05, 0) is 30.7 Å². The first-order valence-corrected chi connectivity index (χ1v) is 6.86. The van der Waals surface area contributed by atoms with Gasteiger partial charge in [0.1, 0.15) is 0 Å². The van der Waals surface area contributed by atoms with Crippen LogP contribution >= 0.6 is 23.4 Å². The maximum absolute atomic E-state index is 11.7. The van der Waals surface area contributed by atoms with Gasteiger partial charge in [-0.25, -0.2) is 0 Å². The van der Waals surface area contributed by atoms with E-state index in [1.807, 2.05) is 24.3 Å². The highest BCUT2D eigenvalue weighted by atomic mass is 35.5. The van der Waals surface area contributed by atoms with E-state index < -0.39 is 0 Å². The van der Waals surface area contributed by atoms with Crippen LogP contribution in [-0.4, -0.2) is 34.8 Å². The predicted octanol–water partition coefficient (Wildman–Crippen LogP) is 2.65. The van der Waals surface area contributed by atoms with E-state index in [9.17, 15) is 4.79 Å². The van der Waals surface area contributed by atoms with E-state index in [1.54, 1.807) is 7.05 Å². The lowest BCUT2D eigenvalue weighted by Gasteiger charge is -2.09. The van der Waals surface area contributed by atoms with Crippen molar-refractivity contribution in [3.05, 3.63) is 29.3 Å². The Bertz CT molecular complexity index is 463. The van der Waals surface area contributed by atoms with Crippen LogP contribution in [0.15, 0.2) is 24.3 Å². The number of benzene rings is 1. The molecule has 1 aromatic rings. The zero-order valence-electron chi connectivity index (χ0n) is 9.94. The van der Waals surface area contributed by atoms with Crippen LogP contribution in [-0.2, 0) is 4.79 Å². The van der Waals surface area contributed by atoms with Gasteiger partial charge < -0.3 is 5.32 Å². The second-order valence-corrected chi connectivity index (χ2v) is 5.66. The van der Waals surface area contributed by atoms with Crippen molar-refractivity contribution in [3.8, 4) is 0 Å². The van der Waals surface area contributed by atoms with E-state index in [-0.39, 0.29) is 11.2 Å². The summed E-state index contributed by atoms with van der Waals surface area (Å²) in [6, 6.07) is 7.45. The van der Waals surface area contributed by atoms with Gasteiger partial charge in [0.2, 0.25) is 5.91 Å². The number of hydrogen-bond acceptors (Lipinski definition) is 4. The molecule has 0 radical (unpaired) electrons. The van der Waals surface area contributed by atoms with Crippen LogP contribution in [0.1, 0.15) is 6.42 Å². The summed E-state index contributed by atoms with van der Waals surface area (Å²) in [5.74, 6) is 0.0166. The second-order valence-electron chi connectivity index (χ2n) is 4.03. The number of thioether (sulfide) groups is 1. The molecule has 0 aliphatic carbocycles. The number of nitrogens with one attached hydrogen (secondary N) is 2. The molecule has 4 nitrogen and oxygen atoms in total. The quantitative estimate of drug-likeness (QED) is 0.893. The molecule has 1 aliphatic heterocycles. The van der Waals surface area contributed by atoms with Gasteiger partial charge in [0.15, 0.2) is 5.17 Å². The van der Waals surface area contributed by atoms with Crippen LogP contribution in [0.2, 0.25) is 5.02 Å². The Hall–Kier alpha value is -1.20. The summed E-state index contributed by atoms with van der Waals surface area (Å²) in [5.41, 5.74) is 0.985. The summed E-state index contributed by atoms with van der Waals surface area (Å²) in [7, 11) is 1.64. The number of halogens is 1. The fraction of sp³-hybridized carbons (Fsp3) is 0.333. The smallest absolute Gasteiger partial charge is 0.241 e. The second kappa shape index (κ2) is 5.63. The van der Waals surface area contributed by atoms with E-state index in [1.165, 1.54) is 16.7 Å². The van der Waals surface area contributed by atoms with Crippen LogP contribution in [0.5, 0.6) is 0 Å². The van der Waals surface area contributed by atoms with Gasteiger partial charge in [-0.2, -0.15) is 0 Å². The van der Waals surface area contributed by atoms with Crippen molar-refractivity contribution < 1.29 is 4.79 Å². The Morgan fingerprint density at radius 2 is 2.11 bits per heavy atom. The lowest BCUT2D eigenvalue weighted by molar-refractivity contribution is -0.125. The van der Waals surface area contributed by atoms with Crippen molar-refractivity contribution in [2.45, 2.75) is 11.7 Å². The average Bonchev–Trinajstić information content (AvgIpc) is 2.60. The Balaban J connectivity index is 1.81. The van der Waals surface area contributed by atoms with Crippen LogP contribution < -0.4 is 5.32 Å². The van der Waals surface area contributed by atoms with Gasteiger partial charge >= 0.3 is 0 Å². The highest BCUT2D eigenvalue weighted by molar-refractivity contribution is 8.15. The predicted molar refractivity (Wildman–Crippen MR) is 76.4 cm³/mol. The van der Waals surface area contributed by atoms with E-state index in [4.69, 9.17) is 17.0 Å². The Morgan fingerprint density at radius 1 is 1.44 bits per heavy atom. The number of carbonyl (C=O) groups excluding carboxylic acids is 1. The standard InChI is InChI=1S/C12H14ClN3OS/c1-16-11(17)10(18-12(16)14)6-7-15-9-4-2-8(13)3-5-9/h2-5,10,14-15H,6-7H2,1H3. The monoisotopic (exact) mass is 283 g/mol. The molecule has 1 unspecified atom stereocenters. The molecule has 96 valence electrons. The molecule has 0 saturated carbocycles. The lowest BCUT2D eigenvalue weighted by Crippen LogP contribution is -2.28. The van der Waals surface area contributed by atoms with Gasteiger partial charge in [-0.1, -0.05) is 23.4 Å². The number of amidine groups is 1. The zero-order valence-corrected chi connectivity index (χ0v) is 11.5. The number of amides is 1. The molecule has 1 heterocycles. The Morgan fingerprint density at radius 3 is 2.67 bits per heavy atom. The fourth-order valence-electron chi connectivity index (χ4n) is 1.68. The van der Waals surface area contributed by atoms with Gasteiger partial charge in [0.05, 0.1) is 5.25 Å². The Kier molecular flexibility index (Phi) is 4.14. The average molecular weight is 284 g/mol. The molecule has 2 N–H and O–H groups in total. The summed E-state index contributed by atoms with van der Waals surface area (Å²) in [6.45, 7) is 0.701. The van der Waals surface area contributed by atoms with E-state index in [2.05, 4.69) is 5.32 Å². The molecule has 2 rings (SSSR count). The molecule has 1 aliphatic rings. The number of hydrogen-bond donors (Lipinski definition) is 2. The molecule has 0 bridgehead atoms. The van der Waals surface area contributed by atoms with Crippen LogP contribution in [0.25, 0.3) is 0 Å². The first kappa shape index (κ1) is 13.2. The van der Waals surface area contributed by atoms with E-state index in [0.717, 1.165) is 5.69 Å². The van der Waals surface area contributed by atoms with Crippen molar-refractivity contribution in [2.75, 3.05) is 18.9 Å². The largest absolute Gasteiger partial charge is 0.385 e. The van der Waals surface area contributed by atoms with Crippen molar-refractivity contribution in [3.63, 3.8) is 0 Å². The van der Waals surface area contributed by atoms with Crippen molar-refractivity contribution in [2.24, 2.45) is 0 Å². The van der Waals surface area contributed by atoms with Crippen molar-refractivity contribution in [1.29, 1.82) is 5.41 Å². The number of carbonyl (C=O) groups is 1. The number of rotatable bonds is 4. The number of anilines is 1. The minimum Gasteiger partial charge on any atom is -0.385 e. The molecule has 1 aromatic carbocycles. The highest BCUT2D eigenvalue weighted by Crippen LogP contribution is 2.27. The van der Waals surface area contributed by atoms with Crippen LogP contribution in [0.3, 0.4) is 0 Å². The van der Waals surface area contributed by atoms with Gasteiger partial charge in [0, 0.05) is 24.3 Å². The number of nitrogens with zero attached hydrogens (tertiary/aromatic N) is 1. The highest BCUT2D eigenvalue weighted by Gasteiger charge is 2.33. The van der Waals surface area contributed by atoms with Gasteiger partial charge in [-0.15, -0.1) is 0 Å². The molecule has 1 amide bonds. The zero-order chi connectivity index (χ0) is 13.1.